The molecule has 3 rings (SSSR count). The maximum Gasteiger partial charge on any atom is 0.248 e. The Morgan fingerprint density at radius 2 is 1.96 bits per heavy atom. The van der Waals surface area contributed by atoms with Crippen molar-refractivity contribution in [2.45, 2.75) is 13.3 Å². The largest absolute Gasteiger partial charge is 0.492 e. The van der Waals surface area contributed by atoms with Crippen molar-refractivity contribution in [2.24, 2.45) is 0 Å². The van der Waals surface area contributed by atoms with Crippen LogP contribution in [-0.2, 0) is 4.79 Å². The lowest BCUT2D eigenvalue weighted by Gasteiger charge is -2.10. The monoisotopic (exact) mass is 339 g/mol. The highest BCUT2D eigenvalue weighted by atomic mass is 16.5. The molecule has 5 heteroatoms. The van der Waals surface area contributed by atoms with Gasteiger partial charge in [0.25, 0.3) is 0 Å². The Labute approximate surface area is 147 Å². The van der Waals surface area contributed by atoms with Gasteiger partial charge in [-0.05, 0) is 42.8 Å². The number of fused-ring (bicyclic) bond motifs is 1. The van der Waals surface area contributed by atoms with Crippen molar-refractivity contribution in [1.29, 1.82) is 0 Å². The smallest absolute Gasteiger partial charge is 0.248 e. The Balaban J connectivity index is 1.68. The molecule has 0 aromatic heterocycles. The van der Waals surface area contributed by atoms with Gasteiger partial charge in [0, 0.05) is 12.5 Å². The molecule has 1 N–H and O–H groups in total. The minimum Gasteiger partial charge on any atom is -0.492 e. The average Bonchev–Trinajstić information content (AvgIpc) is 2.87. The van der Waals surface area contributed by atoms with Gasteiger partial charge in [0.15, 0.2) is 11.5 Å². The van der Waals surface area contributed by atoms with Crippen molar-refractivity contribution in [3.05, 3.63) is 54.1 Å². The molecule has 0 unspecified atom stereocenters. The maximum absolute atomic E-state index is 12.2. The number of benzene rings is 2. The number of hydrogen-bond donors (Lipinski definition) is 1. The zero-order chi connectivity index (χ0) is 17.5. The van der Waals surface area contributed by atoms with E-state index in [0.717, 1.165) is 17.7 Å². The van der Waals surface area contributed by atoms with Gasteiger partial charge in [-0.15, -0.1) is 0 Å². The fraction of sp³-hybridized carbons (Fsp3) is 0.250. The van der Waals surface area contributed by atoms with Crippen LogP contribution in [0.1, 0.15) is 18.9 Å². The maximum atomic E-state index is 12.2. The fourth-order valence-electron chi connectivity index (χ4n) is 2.48. The molecule has 0 saturated carbocycles. The Hall–Kier alpha value is -2.95. The highest BCUT2D eigenvalue weighted by Gasteiger charge is 2.10. The van der Waals surface area contributed by atoms with Crippen molar-refractivity contribution >= 4 is 17.7 Å². The van der Waals surface area contributed by atoms with Gasteiger partial charge in [-0.3, -0.25) is 4.79 Å². The molecular weight excluding hydrogens is 318 g/mol. The predicted octanol–water partition coefficient (Wildman–Crippen LogP) is 3.90. The van der Waals surface area contributed by atoms with E-state index in [1.165, 1.54) is 6.08 Å². The Kier molecular flexibility index (Phi) is 5.57. The van der Waals surface area contributed by atoms with Crippen molar-refractivity contribution < 1.29 is 19.0 Å². The molecule has 0 atom stereocenters. The number of rotatable bonds is 5. The first-order chi connectivity index (χ1) is 12.3. The zero-order valence-electron chi connectivity index (χ0n) is 14.2. The van der Waals surface area contributed by atoms with E-state index in [0.29, 0.717) is 37.0 Å². The number of ether oxygens (including phenoxy) is 3. The van der Waals surface area contributed by atoms with Crippen LogP contribution in [0.3, 0.4) is 0 Å². The van der Waals surface area contributed by atoms with Gasteiger partial charge in [0.05, 0.1) is 25.5 Å². The summed E-state index contributed by atoms with van der Waals surface area (Å²) in [7, 11) is 0. The standard InChI is InChI=1S/C20H21NO4/c1-2-23-17-7-4-3-6-16(17)21-20(22)11-9-15-8-10-18-19(14-15)25-13-5-12-24-18/h3-4,6-11,14H,2,5,12-13H2,1H3,(H,21,22)/b11-9+. The molecule has 130 valence electrons. The van der Waals surface area contributed by atoms with Gasteiger partial charge in [-0.1, -0.05) is 18.2 Å². The van der Waals surface area contributed by atoms with Gasteiger partial charge < -0.3 is 19.5 Å². The molecule has 0 fully saturated rings. The van der Waals surface area contributed by atoms with Crippen molar-refractivity contribution in [3.8, 4) is 17.2 Å². The van der Waals surface area contributed by atoms with Crippen LogP contribution in [0.25, 0.3) is 6.08 Å². The molecule has 1 aliphatic heterocycles. The van der Waals surface area contributed by atoms with Gasteiger partial charge in [0.2, 0.25) is 5.91 Å². The summed E-state index contributed by atoms with van der Waals surface area (Å²) in [5.74, 6) is 1.88. The molecule has 1 amide bonds. The summed E-state index contributed by atoms with van der Waals surface area (Å²) >= 11 is 0. The second kappa shape index (κ2) is 8.24. The predicted molar refractivity (Wildman–Crippen MR) is 97.3 cm³/mol. The van der Waals surface area contributed by atoms with E-state index in [1.54, 1.807) is 6.08 Å². The fourth-order valence-corrected chi connectivity index (χ4v) is 2.48. The number of carbonyl (C=O) groups excluding carboxylic acids is 1. The van der Waals surface area contributed by atoms with Crippen molar-refractivity contribution in [3.63, 3.8) is 0 Å². The van der Waals surface area contributed by atoms with Crippen LogP contribution in [-0.4, -0.2) is 25.7 Å². The van der Waals surface area contributed by atoms with Crippen LogP contribution in [0.15, 0.2) is 48.5 Å². The highest BCUT2D eigenvalue weighted by Crippen LogP contribution is 2.30. The van der Waals surface area contributed by atoms with Crippen LogP contribution in [0.5, 0.6) is 17.2 Å². The summed E-state index contributed by atoms with van der Waals surface area (Å²) in [6, 6.07) is 13.0. The minimum atomic E-state index is -0.223. The van der Waals surface area contributed by atoms with E-state index in [4.69, 9.17) is 14.2 Å². The minimum absolute atomic E-state index is 0.223. The molecule has 1 heterocycles. The summed E-state index contributed by atoms with van der Waals surface area (Å²) in [6.45, 7) is 3.74. The number of carbonyl (C=O) groups is 1. The third-order valence-corrected chi connectivity index (χ3v) is 3.64. The summed E-state index contributed by atoms with van der Waals surface area (Å²) in [6.07, 6.45) is 4.09. The molecule has 0 spiro atoms. The van der Waals surface area contributed by atoms with Crippen LogP contribution in [0.2, 0.25) is 0 Å². The van der Waals surface area contributed by atoms with Crippen LogP contribution >= 0.6 is 0 Å². The second-order valence-electron chi connectivity index (χ2n) is 5.51. The molecule has 0 saturated heterocycles. The lowest BCUT2D eigenvalue weighted by molar-refractivity contribution is -0.111. The quantitative estimate of drug-likeness (QED) is 0.840. The molecule has 25 heavy (non-hydrogen) atoms. The average molecular weight is 339 g/mol. The van der Waals surface area contributed by atoms with Gasteiger partial charge in [0.1, 0.15) is 5.75 Å². The Morgan fingerprint density at radius 3 is 2.80 bits per heavy atom. The van der Waals surface area contributed by atoms with Crippen LogP contribution < -0.4 is 19.5 Å². The summed E-state index contributed by atoms with van der Waals surface area (Å²) in [5.41, 5.74) is 1.52. The SMILES string of the molecule is CCOc1ccccc1NC(=O)/C=C/c1ccc2c(c1)OCCCO2. The lowest BCUT2D eigenvalue weighted by Crippen LogP contribution is -2.09. The van der Waals surface area contributed by atoms with Gasteiger partial charge in [-0.2, -0.15) is 0 Å². The molecule has 0 bridgehead atoms. The molecule has 2 aromatic carbocycles. The number of hydrogen-bond acceptors (Lipinski definition) is 4. The van der Waals surface area contributed by atoms with Gasteiger partial charge in [-0.25, -0.2) is 0 Å². The zero-order valence-corrected chi connectivity index (χ0v) is 14.2. The van der Waals surface area contributed by atoms with E-state index < -0.39 is 0 Å². The number of anilines is 1. The Morgan fingerprint density at radius 1 is 1.16 bits per heavy atom. The third-order valence-electron chi connectivity index (χ3n) is 3.64. The first kappa shape index (κ1) is 16.9. The van der Waals surface area contributed by atoms with Crippen molar-refractivity contribution in [2.75, 3.05) is 25.1 Å². The number of nitrogens with one attached hydrogen (secondary N) is 1. The van der Waals surface area contributed by atoms with E-state index in [1.807, 2.05) is 49.4 Å². The first-order valence-electron chi connectivity index (χ1n) is 8.37. The summed E-state index contributed by atoms with van der Waals surface area (Å²) < 4.78 is 16.8. The van der Waals surface area contributed by atoms with E-state index in [-0.39, 0.29) is 5.91 Å². The van der Waals surface area contributed by atoms with E-state index >= 15 is 0 Å². The summed E-state index contributed by atoms with van der Waals surface area (Å²) in [5, 5.41) is 2.83. The second-order valence-corrected chi connectivity index (χ2v) is 5.51. The molecular formula is C20H21NO4. The molecule has 0 aliphatic carbocycles. The first-order valence-corrected chi connectivity index (χ1v) is 8.37. The van der Waals surface area contributed by atoms with Crippen LogP contribution in [0.4, 0.5) is 5.69 Å². The number of para-hydroxylation sites is 2. The van der Waals surface area contributed by atoms with Crippen LogP contribution in [0, 0.1) is 0 Å². The number of amides is 1. The van der Waals surface area contributed by atoms with Crippen molar-refractivity contribution in [1.82, 2.24) is 0 Å². The topological polar surface area (TPSA) is 56.8 Å². The van der Waals surface area contributed by atoms with E-state index in [9.17, 15) is 4.79 Å². The molecule has 5 nitrogen and oxygen atoms in total. The molecule has 0 radical (unpaired) electrons. The van der Waals surface area contributed by atoms with Gasteiger partial charge >= 0.3 is 0 Å². The highest BCUT2D eigenvalue weighted by molar-refractivity contribution is 6.02. The normalized spacial score (nSPS) is 13.3. The third kappa shape index (κ3) is 4.53. The Bertz CT molecular complexity index is 770. The molecule has 2 aromatic rings. The van der Waals surface area contributed by atoms with E-state index in [2.05, 4.69) is 5.32 Å². The molecule has 1 aliphatic rings. The lowest BCUT2D eigenvalue weighted by atomic mass is 10.2. The summed E-state index contributed by atoms with van der Waals surface area (Å²) in [4.78, 5) is 12.2.